The summed E-state index contributed by atoms with van der Waals surface area (Å²) in [6.07, 6.45) is 1.89. The van der Waals surface area contributed by atoms with Crippen molar-refractivity contribution in [1.82, 2.24) is 20.0 Å². The van der Waals surface area contributed by atoms with E-state index in [-0.39, 0.29) is 25.0 Å². The van der Waals surface area contributed by atoms with E-state index in [1.54, 1.807) is 11.9 Å². The summed E-state index contributed by atoms with van der Waals surface area (Å²) in [6, 6.07) is -1.34. The fourth-order valence-electron chi connectivity index (χ4n) is 2.88. The smallest absolute Gasteiger partial charge is 0.328 e. The first-order valence-electron chi connectivity index (χ1n) is 7.11. The fraction of sp³-hybridized carbons (Fsp3) is 0.769. The highest BCUT2D eigenvalue weighted by Gasteiger charge is 2.38. The van der Waals surface area contributed by atoms with Crippen LogP contribution in [0.1, 0.15) is 12.8 Å². The van der Waals surface area contributed by atoms with Crippen molar-refractivity contribution in [2.75, 3.05) is 40.3 Å². The number of hydrogen-bond donors (Lipinski definition) is 2. The fourth-order valence-corrected chi connectivity index (χ4v) is 2.88. The number of urea groups is 1. The van der Waals surface area contributed by atoms with Gasteiger partial charge in [-0.2, -0.15) is 0 Å². The molecule has 0 spiro atoms. The third kappa shape index (κ3) is 3.44. The van der Waals surface area contributed by atoms with Crippen molar-refractivity contribution in [2.45, 2.75) is 24.9 Å². The van der Waals surface area contributed by atoms with Crippen molar-refractivity contribution in [3.8, 4) is 0 Å². The molecule has 118 valence electrons. The first-order valence-corrected chi connectivity index (χ1v) is 7.11. The highest BCUT2D eigenvalue weighted by molar-refractivity contribution is 5.90. The van der Waals surface area contributed by atoms with E-state index >= 15 is 0 Å². The Hall–Kier alpha value is -1.83. The van der Waals surface area contributed by atoms with Gasteiger partial charge >= 0.3 is 12.0 Å². The Morgan fingerprint density at radius 1 is 1.43 bits per heavy atom. The van der Waals surface area contributed by atoms with E-state index in [4.69, 9.17) is 0 Å². The molecule has 8 heteroatoms. The van der Waals surface area contributed by atoms with E-state index in [2.05, 4.69) is 10.2 Å². The van der Waals surface area contributed by atoms with Crippen LogP contribution < -0.4 is 5.32 Å². The Kier molecular flexibility index (Phi) is 4.66. The molecule has 2 atom stereocenters. The molecule has 8 nitrogen and oxygen atoms in total. The second-order valence-electron chi connectivity index (χ2n) is 5.74. The molecule has 0 radical (unpaired) electrons. The Labute approximate surface area is 123 Å². The highest BCUT2D eigenvalue weighted by Crippen LogP contribution is 2.17. The monoisotopic (exact) mass is 298 g/mol. The van der Waals surface area contributed by atoms with Crippen LogP contribution in [0.2, 0.25) is 0 Å². The predicted octanol–water partition coefficient (Wildman–Crippen LogP) is -0.983. The molecule has 0 bridgehead atoms. The third-order valence-electron chi connectivity index (χ3n) is 4.16. The van der Waals surface area contributed by atoms with E-state index in [9.17, 15) is 19.5 Å². The molecule has 2 fully saturated rings. The molecule has 21 heavy (non-hydrogen) atoms. The number of nitrogens with one attached hydrogen (secondary N) is 1. The maximum Gasteiger partial charge on any atom is 0.328 e. The van der Waals surface area contributed by atoms with E-state index in [1.807, 2.05) is 7.05 Å². The summed E-state index contributed by atoms with van der Waals surface area (Å²) in [5.74, 6) is -1.42. The number of carboxylic acids is 1. The van der Waals surface area contributed by atoms with Gasteiger partial charge in [-0.15, -0.1) is 0 Å². The van der Waals surface area contributed by atoms with Gasteiger partial charge in [0.15, 0.2) is 0 Å². The number of aliphatic carboxylic acids is 1. The van der Waals surface area contributed by atoms with Crippen molar-refractivity contribution in [3.63, 3.8) is 0 Å². The molecule has 2 aliphatic rings. The van der Waals surface area contributed by atoms with Gasteiger partial charge in [0, 0.05) is 26.2 Å². The van der Waals surface area contributed by atoms with E-state index < -0.39 is 18.0 Å². The SMILES string of the molecule is CN1CCCC(N(C)C(=O)N2CC(=O)NCC2C(=O)O)C1. The van der Waals surface area contributed by atoms with Crippen LogP contribution >= 0.6 is 0 Å². The van der Waals surface area contributed by atoms with Gasteiger partial charge in [-0.05, 0) is 26.4 Å². The topological polar surface area (TPSA) is 93.2 Å². The average Bonchev–Trinajstić information content (AvgIpc) is 2.45. The zero-order chi connectivity index (χ0) is 15.6. The molecule has 0 saturated carbocycles. The number of nitrogens with zero attached hydrogens (tertiary/aromatic N) is 3. The van der Waals surface area contributed by atoms with Crippen molar-refractivity contribution in [2.24, 2.45) is 0 Å². The molecule has 2 heterocycles. The Balaban J connectivity index is 2.08. The first-order chi connectivity index (χ1) is 9.90. The Morgan fingerprint density at radius 2 is 2.14 bits per heavy atom. The highest BCUT2D eigenvalue weighted by atomic mass is 16.4. The van der Waals surface area contributed by atoms with E-state index in [1.165, 1.54) is 0 Å². The molecule has 2 aliphatic heterocycles. The molecule has 0 aromatic heterocycles. The van der Waals surface area contributed by atoms with Crippen LogP contribution in [-0.4, -0.2) is 90.1 Å². The third-order valence-corrected chi connectivity index (χ3v) is 4.16. The average molecular weight is 298 g/mol. The van der Waals surface area contributed by atoms with E-state index in [0.717, 1.165) is 30.8 Å². The number of likely N-dealkylation sites (N-methyl/N-ethyl adjacent to an activating group) is 2. The molecule has 2 saturated heterocycles. The van der Waals surface area contributed by atoms with Gasteiger partial charge in [-0.1, -0.05) is 0 Å². The quantitative estimate of drug-likeness (QED) is 0.683. The maximum absolute atomic E-state index is 12.6. The summed E-state index contributed by atoms with van der Waals surface area (Å²) in [5.41, 5.74) is 0. The number of piperidine rings is 1. The number of carbonyl (C=O) groups excluding carboxylic acids is 2. The van der Waals surface area contributed by atoms with Crippen molar-refractivity contribution < 1.29 is 19.5 Å². The number of rotatable bonds is 2. The molecule has 2 rings (SSSR count). The minimum atomic E-state index is -1.10. The zero-order valence-corrected chi connectivity index (χ0v) is 12.4. The van der Waals surface area contributed by atoms with Crippen molar-refractivity contribution in [3.05, 3.63) is 0 Å². The van der Waals surface area contributed by atoms with Gasteiger partial charge in [0.1, 0.15) is 12.6 Å². The molecular weight excluding hydrogens is 276 g/mol. The lowest BCUT2D eigenvalue weighted by Gasteiger charge is -2.40. The lowest BCUT2D eigenvalue weighted by Crippen LogP contribution is -2.63. The number of hydrogen-bond acceptors (Lipinski definition) is 4. The van der Waals surface area contributed by atoms with E-state index in [0.29, 0.717) is 0 Å². The summed E-state index contributed by atoms with van der Waals surface area (Å²) in [5, 5.41) is 11.7. The molecule has 0 aromatic carbocycles. The summed E-state index contributed by atoms with van der Waals surface area (Å²) in [4.78, 5) is 40.2. The lowest BCUT2D eigenvalue weighted by atomic mass is 10.1. The van der Waals surface area contributed by atoms with Crippen LogP contribution in [0, 0.1) is 0 Å². The number of carbonyl (C=O) groups is 3. The van der Waals surface area contributed by atoms with Crippen LogP contribution in [0.5, 0.6) is 0 Å². The summed E-state index contributed by atoms with van der Waals surface area (Å²) in [7, 11) is 3.68. The van der Waals surface area contributed by atoms with Crippen molar-refractivity contribution in [1.29, 1.82) is 0 Å². The molecule has 2 unspecified atom stereocenters. The van der Waals surface area contributed by atoms with Crippen LogP contribution in [0.3, 0.4) is 0 Å². The number of piperazine rings is 1. The van der Waals surface area contributed by atoms with Gasteiger partial charge in [0.05, 0.1) is 0 Å². The van der Waals surface area contributed by atoms with Crippen LogP contribution in [0.15, 0.2) is 0 Å². The van der Waals surface area contributed by atoms with Crippen LogP contribution in [-0.2, 0) is 9.59 Å². The maximum atomic E-state index is 12.6. The standard InChI is InChI=1S/C13H22N4O4/c1-15-5-3-4-9(7-15)16(2)13(21)17-8-11(18)14-6-10(17)12(19)20/h9-10H,3-8H2,1-2H3,(H,14,18)(H,19,20). The molecule has 2 N–H and O–H groups in total. The zero-order valence-electron chi connectivity index (χ0n) is 12.4. The molecule has 0 aliphatic carbocycles. The van der Waals surface area contributed by atoms with Crippen LogP contribution in [0.4, 0.5) is 4.79 Å². The number of likely N-dealkylation sites (tertiary alicyclic amines) is 1. The summed E-state index contributed by atoms with van der Waals surface area (Å²) in [6.45, 7) is 1.52. The van der Waals surface area contributed by atoms with Crippen LogP contribution in [0.25, 0.3) is 0 Å². The van der Waals surface area contributed by atoms with Gasteiger partial charge in [-0.25, -0.2) is 9.59 Å². The number of carboxylic acid groups (broad SMARTS) is 1. The normalized spacial score (nSPS) is 27.1. The number of amides is 3. The predicted molar refractivity (Wildman–Crippen MR) is 74.8 cm³/mol. The molecule has 3 amide bonds. The van der Waals surface area contributed by atoms with Gasteiger partial charge in [0.2, 0.25) is 5.91 Å². The van der Waals surface area contributed by atoms with Gasteiger partial charge < -0.3 is 20.2 Å². The summed E-state index contributed by atoms with van der Waals surface area (Å²) >= 11 is 0. The Morgan fingerprint density at radius 3 is 2.76 bits per heavy atom. The lowest BCUT2D eigenvalue weighted by molar-refractivity contribution is -0.144. The first kappa shape index (κ1) is 15.6. The largest absolute Gasteiger partial charge is 0.480 e. The summed E-state index contributed by atoms with van der Waals surface area (Å²) < 4.78 is 0. The molecule has 0 aromatic rings. The minimum Gasteiger partial charge on any atom is -0.480 e. The second-order valence-corrected chi connectivity index (χ2v) is 5.74. The minimum absolute atomic E-state index is 0.0433. The van der Waals surface area contributed by atoms with Gasteiger partial charge in [-0.3, -0.25) is 9.69 Å². The molecular formula is C13H22N4O4. The second kappa shape index (κ2) is 6.30. The Bertz CT molecular complexity index is 442. The van der Waals surface area contributed by atoms with Gasteiger partial charge in [0.25, 0.3) is 0 Å². The van der Waals surface area contributed by atoms with Crippen molar-refractivity contribution >= 4 is 17.9 Å².